The molecule has 0 aliphatic carbocycles. The van der Waals surface area contributed by atoms with E-state index in [2.05, 4.69) is 44.5 Å². The lowest BCUT2D eigenvalue weighted by Crippen LogP contribution is -1.92. The van der Waals surface area contributed by atoms with Gasteiger partial charge in [-0.3, -0.25) is 0 Å². The first-order chi connectivity index (χ1) is 6.63. The summed E-state index contributed by atoms with van der Waals surface area (Å²) in [6, 6.07) is 6.02. The second-order valence-electron chi connectivity index (χ2n) is 2.97. The molecule has 14 heavy (non-hydrogen) atoms. The second-order valence-corrected chi connectivity index (χ2v) is 5.01. The first-order valence-electron chi connectivity index (χ1n) is 4.29. The molecule has 3 heteroatoms. The van der Waals surface area contributed by atoms with Crippen LogP contribution in [0.2, 0.25) is 0 Å². The molecule has 0 amide bonds. The van der Waals surface area contributed by atoms with Gasteiger partial charge in [-0.05, 0) is 41.1 Å². The van der Waals surface area contributed by atoms with Crippen molar-refractivity contribution in [3.63, 3.8) is 0 Å². The average molecular weight is 320 g/mol. The SMILES string of the molecule is C=C(Br)CCc1cc(Br)ccc1OC. The minimum absolute atomic E-state index is 0.923. The van der Waals surface area contributed by atoms with Crippen LogP contribution in [0.1, 0.15) is 12.0 Å². The number of hydrogen-bond donors (Lipinski definition) is 0. The molecule has 0 bridgehead atoms. The molecule has 0 spiro atoms. The zero-order valence-electron chi connectivity index (χ0n) is 8.02. The smallest absolute Gasteiger partial charge is 0.122 e. The Labute approximate surface area is 101 Å². The summed E-state index contributed by atoms with van der Waals surface area (Å²) in [5.41, 5.74) is 1.20. The van der Waals surface area contributed by atoms with Crippen LogP contribution in [0.4, 0.5) is 0 Å². The van der Waals surface area contributed by atoms with Gasteiger partial charge < -0.3 is 4.74 Å². The molecule has 0 saturated carbocycles. The van der Waals surface area contributed by atoms with Crippen molar-refractivity contribution in [1.29, 1.82) is 0 Å². The van der Waals surface area contributed by atoms with E-state index in [1.807, 2.05) is 12.1 Å². The number of halogens is 2. The van der Waals surface area contributed by atoms with Crippen molar-refractivity contribution >= 4 is 31.9 Å². The Morgan fingerprint density at radius 1 is 1.50 bits per heavy atom. The van der Waals surface area contributed by atoms with Gasteiger partial charge in [-0.25, -0.2) is 0 Å². The molecule has 1 nitrogen and oxygen atoms in total. The number of aryl methyl sites for hydroxylation is 1. The van der Waals surface area contributed by atoms with Crippen molar-refractivity contribution in [1.82, 2.24) is 0 Å². The molecule has 0 N–H and O–H groups in total. The summed E-state index contributed by atoms with van der Waals surface area (Å²) in [5.74, 6) is 0.932. The summed E-state index contributed by atoms with van der Waals surface area (Å²) in [6.45, 7) is 3.81. The predicted molar refractivity (Wildman–Crippen MR) is 67.1 cm³/mol. The van der Waals surface area contributed by atoms with E-state index in [1.165, 1.54) is 5.56 Å². The van der Waals surface area contributed by atoms with Gasteiger partial charge in [0.05, 0.1) is 7.11 Å². The van der Waals surface area contributed by atoms with Crippen molar-refractivity contribution < 1.29 is 4.74 Å². The van der Waals surface area contributed by atoms with Crippen LogP contribution < -0.4 is 4.74 Å². The van der Waals surface area contributed by atoms with Gasteiger partial charge in [-0.1, -0.05) is 38.4 Å². The molecule has 0 heterocycles. The lowest BCUT2D eigenvalue weighted by Gasteiger charge is -2.08. The molecule has 0 aromatic heterocycles. The first kappa shape index (κ1) is 11.8. The molecule has 0 unspecified atom stereocenters. The highest BCUT2D eigenvalue weighted by Crippen LogP contribution is 2.25. The highest BCUT2D eigenvalue weighted by atomic mass is 79.9. The van der Waals surface area contributed by atoms with Gasteiger partial charge in [0.2, 0.25) is 0 Å². The topological polar surface area (TPSA) is 9.23 Å². The van der Waals surface area contributed by atoms with E-state index in [0.717, 1.165) is 27.5 Å². The Balaban J connectivity index is 2.82. The Morgan fingerprint density at radius 2 is 2.21 bits per heavy atom. The Morgan fingerprint density at radius 3 is 2.79 bits per heavy atom. The maximum absolute atomic E-state index is 5.27. The van der Waals surface area contributed by atoms with E-state index >= 15 is 0 Å². The molecule has 0 fully saturated rings. The van der Waals surface area contributed by atoms with Crippen molar-refractivity contribution in [2.75, 3.05) is 7.11 Å². The third-order valence-electron chi connectivity index (χ3n) is 1.91. The molecule has 0 aliphatic rings. The van der Waals surface area contributed by atoms with Gasteiger partial charge in [0.15, 0.2) is 0 Å². The summed E-state index contributed by atoms with van der Waals surface area (Å²) in [5, 5.41) is 0. The van der Waals surface area contributed by atoms with Gasteiger partial charge in [0.25, 0.3) is 0 Å². The zero-order chi connectivity index (χ0) is 10.6. The third-order valence-corrected chi connectivity index (χ3v) is 2.80. The molecule has 0 aliphatic heterocycles. The minimum Gasteiger partial charge on any atom is -0.496 e. The normalized spacial score (nSPS) is 9.93. The van der Waals surface area contributed by atoms with Gasteiger partial charge in [0, 0.05) is 4.47 Å². The minimum atomic E-state index is 0.923. The van der Waals surface area contributed by atoms with E-state index in [0.29, 0.717) is 0 Å². The van der Waals surface area contributed by atoms with E-state index in [-0.39, 0.29) is 0 Å². The van der Waals surface area contributed by atoms with Crippen molar-refractivity contribution in [3.8, 4) is 5.75 Å². The third kappa shape index (κ3) is 3.46. The Hall–Kier alpha value is -0.280. The van der Waals surface area contributed by atoms with Crippen molar-refractivity contribution in [3.05, 3.63) is 39.3 Å². The lowest BCUT2D eigenvalue weighted by molar-refractivity contribution is 0.409. The van der Waals surface area contributed by atoms with E-state index < -0.39 is 0 Å². The van der Waals surface area contributed by atoms with Crippen LogP contribution in [-0.4, -0.2) is 7.11 Å². The molecule has 0 radical (unpaired) electrons. The van der Waals surface area contributed by atoms with Gasteiger partial charge in [0.1, 0.15) is 5.75 Å². The van der Waals surface area contributed by atoms with E-state index in [4.69, 9.17) is 4.74 Å². The molecular weight excluding hydrogens is 308 g/mol. The summed E-state index contributed by atoms with van der Waals surface area (Å²) in [7, 11) is 1.69. The zero-order valence-corrected chi connectivity index (χ0v) is 11.2. The average Bonchev–Trinajstić information content (AvgIpc) is 2.15. The van der Waals surface area contributed by atoms with Gasteiger partial charge in [-0.15, -0.1) is 0 Å². The van der Waals surface area contributed by atoms with E-state index in [9.17, 15) is 0 Å². The number of ether oxygens (including phenoxy) is 1. The van der Waals surface area contributed by atoms with Crippen LogP contribution in [0.5, 0.6) is 5.75 Å². The van der Waals surface area contributed by atoms with Crippen LogP contribution in [0.3, 0.4) is 0 Å². The van der Waals surface area contributed by atoms with Crippen molar-refractivity contribution in [2.45, 2.75) is 12.8 Å². The summed E-state index contributed by atoms with van der Waals surface area (Å²) in [6.07, 6.45) is 1.86. The monoisotopic (exact) mass is 318 g/mol. The molecule has 76 valence electrons. The molecular formula is C11H12Br2O. The number of rotatable bonds is 4. The lowest BCUT2D eigenvalue weighted by atomic mass is 10.1. The quantitative estimate of drug-likeness (QED) is 0.804. The van der Waals surface area contributed by atoms with Crippen LogP contribution in [0.25, 0.3) is 0 Å². The molecule has 1 aromatic rings. The molecule has 0 saturated heterocycles. The fraction of sp³-hybridized carbons (Fsp3) is 0.273. The highest BCUT2D eigenvalue weighted by molar-refractivity contribution is 9.11. The van der Waals surface area contributed by atoms with Crippen LogP contribution in [-0.2, 0) is 6.42 Å². The predicted octanol–water partition coefficient (Wildman–Crippen LogP) is 4.30. The summed E-state index contributed by atoms with van der Waals surface area (Å²) < 4.78 is 7.36. The summed E-state index contributed by atoms with van der Waals surface area (Å²) in [4.78, 5) is 0. The molecule has 1 aromatic carbocycles. The number of benzene rings is 1. The molecule has 1 rings (SSSR count). The standard InChI is InChI=1S/C11H12Br2O/c1-8(12)3-4-9-7-10(13)5-6-11(9)14-2/h5-7H,1,3-4H2,2H3. The largest absolute Gasteiger partial charge is 0.496 e. The number of allylic oxidation sites excluding steroid dienone is 1. The Kier molecular flexibility index (Phi) is 4.69. The first-order valence-corrected chi connectivity index (χ1v) is 5.88. The van der Waals surface area contributed by atoms with Crippen LogP contribution in [0.15, 0.2) is 33.7 Å². The van der Waals surface area contributed by atoms with Gasteiger partial charge in [-0.2, -0.15) is 0 Å². The van der Waals surface area contributed by atoms with E-state index in [1.54, 1.807) is 7.11 Å². The summed E-state index contributed by atoms with van der Waals surface area (Å²) >= 11 is 6.79. The molecule has 0 atom stereocenters. The van der Waals surface area contributed by atoms with Crippen LogP contribution in [0, 0.1) is 0 Å². The number of hydrogen-bond acceptors (Lipinski definition) is 1. The Bertz CT molecular complexity index is 334. The van der Waals surface area contributed by atoms with Crippen LogP contribution >= 0.6 is 31.9 Å². The fourth-order valence-corrected chi connectivity index (χ4v) is 1.82. The number of methoxy groups -OCH3 is 1. The van der Waals surface area contributed by atoms with Gasteiger partial charge >= 0.3 is 0 Å². The maximum Gasteiger partial charge on any atom is 0.122 e. The maximum atomic E-state index is 5.27. The fourth-order valence-electron chi connectivity index (χ4n) is 1.21. The van der Waals surface area contributed by atoms with Crippen molar-refractivity contribution in [2.24, 2.45) is 0 Å². The highest BCUT2D eigenvalue weighted by Gasteiger charge is 2.03. The second kappa shape index (κ2) is 5.56.